The van der Waals surface area contributed by atoms with E-state index in [9.17, 15) is 4.79 Å². The molecule has 0 aliphatic heterocycles. The summed E-state index contributed by atoms with van der Waals surface area (Å²) in [6.45, 7) is 0. The fraction of sp³-hybridized carbons (Fsp3) is 0.267. The topological polar surface area (TPSA) is 64.1 Å². The fourth-order valence-corrected chi connectivity index (χ4v) is 2.73. The molecule has 6 heteroatoms. The normalized spacial score (nSPS) is 14.3. The largest absolute Gasteiger partial charge is 0.497 e. The van der Waals surface area contributed by atoms with Crippen LogP contribution in [0.25, 0.3) is 6.08 Å². The Labute approximate surface area is 126 Å². The van der Waals surface area contributed by atoms with E-state index in [1.54, 1.807) is 13.2 Å². The highest BCUT2D eigenvalue weighted by molar-refractivity contribution is 7.15. The van der Waals surface area contributed by atoms with Gasteiger partial charge in [0.05, 0.1) is 7.11 Å². The number of hydrogen-bond acceptors (Lipinski definition) is 5. The van der Waals surface area contributed by atoms with Gasteiger partial charge < -0.3 is 4.74 Å². The van der Waals surface area contributed by atoms with Crippen LogP contribution in [0.1, 0.15) is 29.3 Å². The molecule has 0 saturated heterocycles. The monoisotopic (exact) mass is 301 g/mol. The number of methoxy groups -OCH3 is 1. The van der Waals surface area contributed by atoms with Crippen molar-refractivity contribution in [1.29, 1.82) is 0 Å². The number of rotatable bonds is 5. The van der Waals surface area contributed by atoms with Gasteiger partial charge in [-0.25, -0.2) is 0 Å². The highest BCUT2D eigenvalue weighted by Gasteiger charge is 2.27. The maximum atomic E-state index is 11.8. The Morgan fingerprint density at radius 1 is 1.33 bits per heavy atom. The minimum atomic E-state index is -0.204. The van der Waals surface area contributed by atoms with E-state index in [4.69, 9.17) is 4.74 Å². The molecule has 1 aromatic heterocycles. The lowest BCUT2D eigenvalue weighted by molar-refractivity contribution is -0.111. The number of nitrogens with one attached hydrogen (secondary N) is 1. The number of ether oxygens (including phenoxy) is 1. The van der Waals surface area contributed by atoms with Crippen LogP contribution in [-0.4, -0.2) is 23.2 Å². The maximum absolute atomic E-state index is 11.8. The molecule has 0 bridgehead atoms. The Morgan fingerprint density at radius 3 is 2.76 bits per heavy atom. The van der Waals surface area contributed by atoms with E-state index in [0.717, 1.165) is 16.3 Å². The van der Waals surface area contributed by atoms with E-state index in [2.05, 4.69) is 15.5 Å². The first-order chi connectivity index (χ1) is 10.2. The number of amides is 1. The van der Waals surface area contributed by atoms with Gasteiger partial charge in [-0.3, -0.25) is 10.1 Å². The fourth-order valence-electron chi connectivity index (χ4n) is 1.81. The number of benzene rings is 1. The highest BCUT2D eigenvalue weighted by atomic mass is 32.1. The van der Waals surface area contributed by atoms with E-state index in [-0.39, 0.29) is 5.91 Å². The van der Waals surface area contributed by atoms with Gasteiger partial charge in [0, 0.05) is 12.0 Å². The Morgan fingerprint density at radius 2 is 2.10 bits per heavy atom. The molecule has 3 rings (SSSR count). The molecule has 1 heterocycles. The number of anilines is 1. The second kappa shape index (κ2) is 6.05. The molecular weight excluding hydrogens is 286 g/mol. The summed E-state index contributed by atoms with van der Waals surface area (Å²) in [6.07, 6.45) is 5.59. The highest BCUT2D eigenvalue weighted by Crippen LogP contribution is 2.41. The van der Waals surface area contributed by atoms with Gasteiger partial charge in [0.2, 0.25) is 11.0 Å². The summed E-state index contributed by atoms with van der Waals surface area (Å²) < 4.78 is 5.08. The number of nitrogens with zero attached hydrogens (tertiary/aromatic N) is 2. The summed E-state index contributed by atoms with van der Waals surface area (Å²) in [7, 11) is 1.62. The Bertz CT molecular complexity index is 660. The molecule has 1 aliphatic rings. The summed E-state index contributed by atoms with van der Waals surface area (Å²) >= 11 is 1.45. The lowest BCUT2D eigenvalue weighted by Gasteiger charge is -1.99. The third-order valence-corrected chi connectivity index (χ3v) is 4.14. The molecule has 0 radical (unpaired) electrons. The predicted molar refractivity (Wildman–Crippen MR) is 82.5 cm³/mol. The molecule has 1 aromatic carbocycles. The Kier molecular flexibility index (Phi) is 3.96. The predicted octanol–water partition coefficient (Wildman–Crippen LogP) is 3.08. The Hall–Kier alpha value is -2.21. The van der Waals surface area contributed by atoms with Crippen molar-refractivity contribution in [2.45, 2.75) is 18.8 Å². The molecule has 2 aromatic rings. The van der Waals surface area contributed by atoms with Crippen molar-refractivity contribution in [2.75, 3.05) is 12.4 Å². The lowest BCUT2D eigenvalue weighted by atomic mass is 10.2. The number of carbonyl (C=O) groups excluding carboxylic acids is 1. The van der Waals surface area contributed by atoms with Crippen molar-refractivity contribution < 1.29 is 9.53 Å². The van der Waals surface area contributed by atoms with Crippen LogP contribution in [0.2, 0.25) is 0 Å². The SMILES string of the molecule is COc1ccc(C=CC(=O)Nc2nnc(C3CC3)s2)cc1. The zero-order chi connectivity index (χ0) is 14.7. The molecule has 0 spiro atoms. The first-order valence-electron chi connectivity index (χ1n) is 6.71. The maximum Gasteiger partial charge on any atom is 0.250 e. The summed E-state index contributed by atoms with van der Waals surface area (Å²) in [4.78, 5) is 11.8. The van der Waals surface area contributed by atoms with Crippen molar-refractivity contribution in [1.82, 2.24) is 10.2 Å². The van der Waals surface area contributed by atoms with Gasteiger partial charge in [-0.2, -0.15) is 0 Å². The third kappa shape index (κ3) is 3.66. The lowest BCUT2D eigenvalue weighted by Crippen LogP contribution is -2.07. The molecule has 1 saturated carbocycles. The van der Waals surface area contributed by atoms with Crippen molar-refractivity contribution in [3.8, 4) is 5.75 Å². The molecule has 1 fully saturated rings. The van der Waals surface area contributed by atoms with Crippen LogP contribution in [-0.2, 0) is 4.79 Å². The minimum Gasteiger partial charge on any atom is -0.497 e. The van der Waals surface area contributed by atoms with E-state index >= 15 is 0 Å². The second-order valence-electron chi connectivity index (χ2n) is 4.82. The van der Waals surface area contributed by atoms with Gasteiger partial charge in [0.15, 0.2) is 0 Å². The van der Waals surface area contributed by atoms with Crippen molar-refractivity contribution in [3.05, 3.63) is 40.9 Å². The van der Waals surface area contributed by atoms with Crippen molar-refractivity contribution in [3.63, 3.8) is 0 Å². The average molecular weight is 301 g/mol. The third-order valence-electron chi connectivity index (χ3n) is 3.14. The van der Waals surface area contributed by atoms with Gasteiger partial charge >= 0.3 is 0 Å². The molecule has 0 atom stereocenters. The van der Waals surface area contributed by atoms with Gasteiger partial charge in [-0.05, 0) is 36.6 Å². The zero-order valence-corrected chi connectivity index (χ0v) is 12.4. The average Bonchev–Trinajstić information content (AvgIpc) is 3.26. The van der Waals surface area contributed by atoms with E-state index in [1.807, 2.05) is 24.3 Å². The van der Waals surface area contributed by atoms with Crippen LogP contribution in [0.4, 0.5) is 5.13 Å². The van der Waals surface area contributed by atoms with E-state index in [1.165, 1.54) is 30.3 Å². The second-order valence-corrected chi connectivity index (χ2v) is 5.82. The van der Waals surface area contributed by atoms with Crippen LogP contribution in [0.5, 0.6) is 5.75 Å². The number of carbonyl (C=O) groups is 1. The first-order valence-corrected chi connectivity index (χ1v) is 7.53. The van der Waals surface area contributed by atoms with Gasteiger partial charge in [0.25, 0.3) is 0 Å². The van der Waals surface area contributed by atoms with Crippen LogP contribution < -0.4 is 10.1 Å². The number of aromatic nitrogens is 2. The van der Waals surface area contributed by atoms with Gasteiger partial charge in [-0.1, -0.05) is 23.5 Å². The van der Waals surface area contributed by atoms with Crippen LogP contribution in [0, 0.1) is 0 Å². The molecular formula is C15H15N3O2S. The minimum absolute atomic E-state index is 0.204. The molecule has 108 valence electrons. The molecule has 5 nitrogen and oxygen atoms in total. The number of hydrogen-bond donors (Lipinski definition) is 1. The molecule has 1 aliphatic carbocycles. The molecule has 1 amide bonds. The van der Waals surface area contributed by atoms with E-state index in [0.29, 0.717) is 11.0 Å². The van der Waals surface area contributed by atoms with Crippen LogP contribution >= 0.6 is 11.3 Å². The Balaban J connectivity index is 1.57. The van der Waals surface area contributed by atoms with Crippen molar-refractivity contribution >= 4 is 28.5 Å². The summed E-state index contributed by atoms with van der Waals surface area (Å²) in [5, 5.41) is 12.4. The summed E-state index contributed by atoms with van der Waals surface area (Å²) in [5.74, 6) is 1.14. The summed E-state index contributed by atoms with van der Waals surface area (Å²) in [5.41, 5.74) is 0.932. The zero-order valence-electron chi connectivity index (χ0n) is 11.6. The van der Waals surface area contributed by atoms with Crippen LogP contribution in [0.15, 0.2) is 30.3 Å². The van der Waals surface area contributed by atoms with E-state index < -0.39 is 0 Å². The van der Waals surface area contributed by atoms with Crippen molar-refractivity contribution in [2.24, 2.45) is 0 Å². The van der Waals surface area contributed by atoms with Crippen LogP contribution in [0.3, 0.4) is 0 Å². The molecule has 0 unspecified atom stereocenters. The summed E-state index contributed by atoms with van der Waals surface area (Å²) in [6, 6.07) is 7.48. The quantitative estimate of drug-likeness (QED) is 0.862. The standard InChI is InChI=1S/C15H15N3O2S/c1-20-12-7-2-10(3-8-12)4-9-13(19)16-15-18-17-14(21-15)11-5-6-11/h2-4,7-9,11H,5-6H2,1H3,(H,16,18,19). The smallest absolute Gasteiger partial charge is 0.250 e. The molecule has 21 heavy (non-hydrogen) atoms. The van der Waals surface area contributed by atoms with Gasteiger partial charge in [0.1, 0.15) is 10.8 Å². The first kappa shape index (κ1) is 13.8. The molecule has 1 N–H and O–H groups in total. The van der Waals surface area contributed by atoms with Gasteiger partial charge in [-0.15, -0.1) is 10.2 Å².